The number of benzene rings is 2. The third-order valence-corrected chi connectivity index (χ3v) is 5.07. The SMILES string of the molecule is COc1cccc(Sc2ccc([N+](=O)[O-])cc2C(O)P(=O)(O)O)c1. The van der Waals surface area contributed by atoms with Gasteiger partial charge in [0, 0.05) is 27.5 Å². The molecule has 2 aromatic rings. The van der Waals surface area contributed by atoms with Gasteiger partial charge in [-0.1, -0.05) is 17.8 Å². The monoisotopic (exact) mass is 371 g/mol. The van der Waals surface area contributed by atoms with E-state index in [2.05, 4.69) is 0 Å². The van der Waals surface area contributed by atoms with Crippen LogP contribution in [0.15, 0.2) is 52.3 Å². The summed E-state index contributed by atoms with van der Waals surface area (Å²) in [6.45, 7) is 0. The lowest BCUT2D eigenvalue weighted by atomic mass is 10.2. The van der Waals surface area contributed by atoms with Crippen molar-refractivity contribution in [1.82, 2.24) is 0 Å². The highest BCUT2D eigenvalue weighted by Crippen LogP contribution is 2.52. The molecule has 0 radical (unpaired) electrons. The van der Waals surface area contributed by atoms with E-state index in [1.165, 1.54) is 19.2 Å². The molecule has 0 aliphatic carbocycles. The Morgan fingerprint density at radius 2 is 1.96 bits per heavy atom. The van der Waals surface area contributed by atoms with Crippen LogP contribution in [0.5, 0.6) is 5.75 Å². The second-order valence-electron chi connectivity index (χ2n) is 4.72. The van der Waals surface area contributed by atoms with Gasteiger partial charge in [-0.2, -0.15) is 0 Å². The number of aliphatic hydroxyl groups excluding tert-OH is 1. The molecule has 0 saturated heterocycles. The van der Waals surface area contributed by atoms with Gasteiger partial charge >= 0.3 is 7.60 Å². The second kappa shape index (κ2) is 7.33. The second-order valence-corrected chi connectivity index (χ2v) is 7.51. The summed E-state index contributed by atoms with van der Waals surface area (Å²) in [6.07, 6.45) is 0. The van der Waals surface area contributed by atoms with Crippen molar-refractivity contribution in [1.29, 1.82) is 0 Å². The number of ether oxygens (including phenoxy) is 1. The van der Waals surface area contributed by atoms with Gasteiger partial charge in [0.1, 0.15) is 5.75 Å². The summed E-state index contributed by atoms with van der Waals surface area (Å²) in [5.41, 5.74) is -0.571. The van der Waals surface area contributed by atoms with E-state index in [9.17, 15) is 29.6 Å². The number of methoxy groups -OCH3 is 1. The van der Waals surface area contributed by atoms with Crippen molar-refractivity contribution in [2.24, 2.45) is 0 Å². The van der Waals surface area contributed by atoms with Gasteiger partial charge in [0.15, 0.2) is 5.85 Å². The summed E-state index contributed by atoms with van der Waals surface area (Å²) in [5, 5.41) is 20.8. The molecule has 0 amide bonds. The lowest BCUT2D eigenvalue weighted by Crippen LogP contribution is -2.02. The van der Waals surface area contributed by atoms with Gasteiger partial charge in [0.25, 0.3) is 5.69 Å². The van der Waals surface area contributed by atoms with Crippen molar-refractivity contribution in [2.45, 2.75) is 15.6 Å². The molecule has 2 rings (SSSR count). The molecule has 0 aromatic heterocycles. The number of rotatable bonds is 6. The molecule has 0 heterocycles. The third kappa shape index (κ3) is 4.34. The first kappa shape index (κ1) is 18.4. The number of hydrogen-bond donors (Lipinski definition) is 3. The fourth-order valence-corrected chi connectivity index (χ4v) is 3.58. The van der Waals surface area contributed by atoms with Crippen molar-refractivity contribution < 1.29 is 29.1 Å². The standard InChI is InChI=1S/C14H14NO7PS/c1-22-10-3-2-4-11(8-10)24-13-6-5-9(15(17)18)7-12(13)14(16)23(19,20)21/h2-8,14,16H,1H3,(H2,19,20,21). The van der Waals surface area contributed by atoms with E-state index < -0.39 is 18.4 Å². The first-order valence-corrected chi connectivity index (χ1v) is 9.05. The van der Waals surface area contributed by atoms with Crippen LogP contribution >= 0.6 is 19.4 Å². The zero-order chi connectivity index (χ0) is 17.9. The molecular formula is C14H14NO7PS. The molecule has 0 spiro atoms. The maximum absolute atomic E-state index is 11.4. The predicted octanol–water partition coefficient (Wildman–Crippen LogP) is 2.92. The number of nitro benzene ring substituents is 1. The highest BCUT2D eigenvalue weighted by Gasteiger charge is 2.31. The van der Waals surface area contributed by atoms with Crippen molar-refractivity contribution in [3.05, 3.63) is 58.1 Å². The average molecular weight is 371 g/mol. The molecule has 24 heavy (non-hydrogen) atoms. The molecule has 3 N–H and O–H groups in total. The van der Waals surface area contributed by atoms with Crippen LogP contribution in [0, 0.1) is 10.1 Å². The van der Waals surface area contributed by atoms with Gasteiger partial charge in [-0.15, -0.1) is 0 Å². The normalized spacial score (nSPS) is 12.7. The quantitative estimate of drug-likeness (QED) is 0.401. The molecule has 8 nitrogen and oxygen atoms in total. The Morgan fingerprint density at radius 1 is 1.25 bits per heavy atom. The van der Waals surface area contributed by atoms with Crippen LogP contribution in [-0.2, 0) is 4.57 Å². The van der Waals surface area contributed by atoms with Crippen LogP contribution < -0.4 is 4.74 Å². The Kier molecular flexibility index (Phi) is 5.63. The van der Waals surface area contributed by atoms with Crippen molar-refractivity contribution in [3.8, 4) is 5.75 Å². The zero-order valence-corrected chi connectivity index (χ0v) is 14.1. The smallest absolute Gasteiger partial charge is 0.358 e. The Hall–Kier alpha value is -1.90. The van der Waals surface area contributed by atoms with Crippen molar-refractivity contribution >= 4 is 25.0 Å². The molecule has 0 aliphatic heterocycles. The highest BCUT2D eigenvalue weighted by molar-refractivity contribution is 7.99. The van der Waals surface area contributed by atoms with Gasteiger partial charge in [-0.25, -0.2) is 0 Å². The van der Waals surface area contributed by atoms with E-state index in [0.29, 0.717) is 15.5 Å². The van der Waals surface area contributed by atoms with Crippen molar-refractivity contribution in [2.75, 3.05) is 7.11 Å². The summed E-state index contributed by atoms with van der Waals surface area (Å²) in [7, 11) is -3.38. The molecule has 0 saturated carbocycles. The van der Waals surface area contributed by atoms with Gasteiger partial charge in [-0.05, 0) is 24.3 Å². The van der Waals surface area contributed by atoms with Crippen LogP contribution in [0.1, 0.15) is 11.4 Å². The maximum Gasteiger partial charge on any atom is 0.358 e. The highest BCUT2D eigenvalue weighted by atomic mass is 32.2. The minimum Gasteiger partial charge on any atom is -0.497 e. The fourth-order valence-electron chi connectivity index (χ4n) is 1.92. The minimum atomic E-state index is -4.88. The third-order valence-electron chi connectivity index (χ3n) is 3.07. The molecule has 1 unspecified atom stereocenters. The van der Waals surface area contributed by atoms with Gasteiger partial charge in [0.2, 0.25) is 0 Å². The number of nitrogens with zero attached hydrogens (tertiary/aromatic N) is 1. The zero-order valence-electron chi connectivity index (χ0n) is 12.4. The van der Waals surface area contributed by atoms with Crippen LogP contribution in [0.25, 0.3) is 0 Å². The van der Waals surface area contributed by atoms with E-state index in [4.69, 9.17) is 4.74 Å². The van der Waals surface area contributed by atoms with Crippen LogP contribution in [0.3, 0.4) is 0 Å². The molecule has 0 aliphatic rings. The largest absolute Gasteiger partial charge is 0.497 e. The van der Waals surface area contributed by atoms with E-state index in [0.717, 1.165) is 17.8 Å². The Bertz CT molecular complexity index is 807. The van der Waals surface area contributed by atoms with E-state index >= 15 is 0 Å². The fraction of sp³-hybridized carbons (Fsp3) is 0.143. The molecule has 10 heteroatoms. The Labute approximate surface area is 141 Å². The van der Waals surface area contributed by atoms with E-state index in [-0.39, 0.29) is 11.3 Å². The predicted molar refractivity (Wildman–Crippen MR) is 87.2 cm³/mol. The molecular weight excluding hydrogens is 357 g/mol. The van der Waals surface area contributed by atoms with Gasteiger partial charge < -0.3 is 19.6 Å². The van der Waals surface area contributed by atoms with Crippen LogP contribution in [-0.4, -0.2) is 26.9 Å². The lowest BCUT2D eigenvalue weighted by molar-refractivity contribution is -0.385. The first-order chi connectivity index (χ1) is 11.2. The molecule has 128 valence electrons. The van der Waals surface area contributed by atoms with Crippen LogP contribution in [0.4, 0.5) is 5.69 Å². The maximum atomic E-state index is 11.4. The summed E-state index contributed by atoms with van der Waals surface area (Å²) >= 11 is 1.10. The molecule has 1 atom stereocenters. The lowest BCUT2D eigenvalue weighted by Gasteiger charge is -2.16. The molecule has 2 aromatic carbocycles. The average Bonchev–Trinajstić information content (AvgIpc) is 2.53. The molecule has 0 bridgehead atoms. The van der Waals surface area contributed by atoms with E-state index in [1.807, 2.05) is 0 Å². The number of nitro groups is 1. The first-order valence-electron chi connectivity index (χ1n) is 6.56. The van der Waals surface area contributed by atoms with Gasteiger partial charge in [0.05, 0.1) is 12.0 Å². The molecule has 0 fully saturated rings. The summed E-state index contributed by atoms with van der Waals surface area (Å²) in [6, 6.07) is 10.4. The summed E-state index contributed by atoms with van der Waals surface area (Å²) in [5.74, 6) is -1.57. The Morgan fingerprint density at radius 3 is 2.54 bits per heavy atom. The topological polar surface area (TPSA) is 130 Å². The number of aliphatic hydroxyl groups is 1. The van der Waals surface area contributed by atoms with Gasteiger partial charge in [-0.3, -0.25) is 14.7 Å². The summed E-state index contributed by atoms with van der Waals surface area (Å²) in [4.78, 5) is 29.6. The Balaban J connectivity index is 2.48. The number of hydrogen-bond acceptors (Lipinski definition) is 6. The summed E-state index contributed by atoms with van der Waals surface area (Å²) < 4.78 is 16.5. The number of non-ortho nitro benzene ring substituents is 1. The van der Waals surface area contributed by atoms with E-state index in [1.54, 1.807) is 24.3 Å². The van der Waals surface area contributed by atoms with Crippen molar-refractivity contribution in [3.63, 3.8) is 0 Å². The minimum absolute atomic E-state index is 0.203. The van der Waals surface area contributed by atoms with Crippen LogP contribution in [0.2, 0.25) is 0 Å².